The van der Waals surface area contributed by atoms with E-state index in [1.165, 1.54) is 0 Å². The highest BCUT2D eigenvalue weighted by atomic mass is 16.4. The van der Waals surface area contributed by atoms with Crippen molar-refractivity contribution in [1.82, 2.24) is 0 Å². The van der Waals surface area contributed by atoms with E-state index >= 15 is 0 Å². The molecule has 0 saturated heterocycles. The Labute approximate surface area is 88.7 Å². The number of carboxylic acids is 1. The van der Waals surface area contributed by atoms with E-state index in [1.807, 2.05) is 12.1 Å². The van der Waals surface area contributed by atoms with Gasteiger partial charge in [0.15, 0.2) is 0 Å². The number of carboxylic acid groups (broad SMARTS) is 1. The van der Waals surface area contributed by atoms with Crippen molar-refractivity contribution in [2.45, 2.75) is 26.2 Å². The van der Waals surface area contributed by atoms with Crippen LogP contribution in [0.15, 0.2) is 24.3 Å². The van der Waals surface area contributed by atoms with Gasteiger partial charge in [-0.3, -0.25) is 4.79 Å². The molecule has 0 spiro atoms. The summed E-state index contributed by atoms with van der Waals surface area (Å²) in [6.45, 7) is 4.18. The van der Waals surface area contributed by atoms with Gasteiger partial charge in [-0.25, -0.2) is 4.79 Å². The molecule has 80 valence electrons. The van der Waals surface area contributed by atoms with Gasteiger partial charge in [-0.2, -0.15) is 0 Å². The summed E-state index contributed by atoms with van der Waals surface area (Å²) in [5.41, 5.74) is 1.36. The molecule has 1 atom stereocenters. The van der Waals surface area contributed by atoms with E-state index in [4.69, 9.17) is 5.11 Å². The Morgan fingerprint density at radius 2 is 1.80 bits per heavy atom. The van der Waals surface area contributed by atoms with E-state index < -0.39 is 11.8 Å². The van der Waals surface area contributed by atoms with Crippen LogP contribution in [0.3, 0.4) is 0 Å². The first kappa shape index (κ1) is 11.4. The number of hydrogen-bond acceptors (Lipinski definition) is 2. The second-order valence-electron chi connectivity index (χ2n) is 3.57. The molecule has 0 amide bonds. The van der Waals surface area contributed by atoms with E-state index in [-0.39, 0.29) is 5.56 Å². The third-order valence-electron chi connectivity index (χ3n) is 2.55. The number of ketones is 1. The summed E-state index contributed by atoms with van der Waals surface area (Å²) < 4.78 is 0. The van der Waals surface area contributed by atoms with Crippen molar-refractivity contribution in [3.05, 3.63) is 35.4 Å². The van der Waals surface area contributed by atoms with Crippen molar-refractivity contribution in [2.75, 3.05) is 0 Å². The molecule has 0 heterocycles. The molecular weight excluding hydrogens is 192 g/mol. The highest BCUT2D eigenvalue weighted by Gasteiger charge is 2.14. The average molecular weight is 206 g/mol. The normalized spacial score (nSPS) is 12.1. The van der Waals surface area contributed by atoms with E-state index in [9.17, 15) is 9.59 Å². The molecule has 0 aliphatic heterocycles. The van der Waals surface area contributed by atoms with Crippen molar-refractivity contribution < 1.29 is 14.7 Å². The lowest BCUT2D eigenvalue weighted by atomic mass is 9.97. The van der Waals surface area contributed by atoms with Crippen LogP contribution >= 0.6 is 0 Å². The van der Waals surface area contributed by atoms with Crippen LogP contribution in [-0.4, -0.2) is 16.9 Å². The van der Waals surface area contributed by atoms with Gasteiger partial charge in [-0.1, -0.05) is 38.1 Å². The van der Waals surface area contributed by atoms with Crippen LogP contribution in [-0.2, 0) is 4.79 Å². The number of hydrogen-bond donors (Lipinski definition) is 1. The molecule has 0 aromatic heterocycles. The minimum absolute atomic E-state index is 0.231. The van der Waals surface area contributed by atoms with Gasteiger partial charge < -0.3 is 5.11 Å². The summed E-state index contributed by atoms with van der Waals surface area (Å²) >= 11 is 0. The highest BCUT2D eigenvalue weighted by molar-refractivity contribution is 6.39. The average Bonchev–Trinajstić information content (AvgIpc) is 2.27. The van der Waals surface area contributed by atoms with Gasteiger partial charge in [0, 0.05) is 5.56 Å². The summed E-state index contributed by atoms with van der Waals surface area (Å²) in [5.74, 6) is -1.84. The third-order valence-corrected chi connectivity index (χ3v) is 2.55. The predicted octanol–water partition coefficient (Wildman–Crippen LogP) is 2.47. The van der Waals surface area contributed by atoms with Crippen molar-refractivity contribution in [3.8, 4) is 0 Å². The number of rotatable bonds is 4. The molecule has 3 nitrogen and oxygen atoms in total. The minimum atomic E-state index is -1.41. The Balaban J connectivity index is 2.90. The van der Waals surface area contributed by atoms with Crippen LogP contribution in [0.25, 0.3) is 0 Å². The maximum absolute atomic E-state index is 11.1. The van der Waals surface area contributed by atoms with Gasteiger partial charge in [0.05, 0.1) is 0 Å². The van der Waals surface area contributed by atoms with E-state index in [0.717, 1.165) is 12.0 Å². The first-order chi connectivity index (χ1) is 7.06. The molecule has 3 heteroatoms. The van der Waals surface area contributed by atoms with Gasteiger partial charge >= 0.3 is 5.97 Å². The lowest BCUT2D eigenvalue weighted by Gasteiger charge is -2.08. The summed E-state index contributed by atoms with van der Waals surface area (Å²) in [6, 6.07) is 6.75. The molecule has 0 saturated carbocycles. The summed E-state index contributed by atoms with van der Waals surface area (Å²) in [7, 11) is 0. The van der Waals surface area contributed by atoms with Crippen LogP contribution in [0.4, 0.5) is 0 Å². The third kappa shape index (κ3) is 2.65. The van der Waals surface area contributed by atoms with E-state index in [1.54, 1.807) is 12.1 Å². The van der Waals surface area contributed by atoms with Gasteiger partial charge in [-0.05, 0) is 17.9 Å². The zero-order chi connectivity index (χ0) is 11.4. The van der Waals surface area contributed by atoms with Crippen LogP contribution in [0.2, 0.25) is 0 Å². The Kier molecular flexibility index (Phi) is 3.61. The quantitative estimate of drug-likeness (QED) is 0.608. The molecule has 0 radical (unpaired) electrons. The number of carbonyl (C=O) groups excluding carboxylic acids is 1. The van der Waals surface area contributed by atoms with Crippen LogP contribution < -0.4 is 0 Å². The molecule has 1 aromatic rings. The van der Waals surface area contributed by atoms with Gasteiger partial charge in [0.25, 0.3) is 5.78 Å². The lowest BCUT2D eigenvalue weighted by Crippen LogP contribution is -2.12. The van der Waals surface area contributed by atoms with Gasteiger partial charge in [-0.15, -0.1) is 0 Å². The second-order valence-corrected chi connectivity index (χ2v) is 3.57. The Morgan fingerprint density at radius 3 is 2.20 bits per heavy atom. The largest absolute Gasteiger partial charge is 0.475 e. The standard InChI is InChI=1S/C12H14O3/c1-3-8(2)9-4-6-10(7-5-9)11(13)12(14)15/h4-8H,3H2,1-2H3,(H,14,15). The minimum Gasteiger partial charge on any atom is -0.475 e. The molecule has 1 unspecified atom stereocenters. The van der Waals surface area contributed by atoms with Crippen LogP contribution in [0.1, 0.15) is 42.1 Å². The highest BCUT2D eigenvalue weighted by Crippen LogP contribution is 2.18. The SMILES string of the molecule is CCC(C)c1ccc(C(=O)C(=O)O)cc1. The van der Waals surface area contributed by atoms with E-state index in [2.05, 4.69) is 13.8 Å². The van der Waals surface area contributed by atoms with Crippen LogP contribution in [0.5, 0.6) is 0 Å². The Morgan fingerprint density at radius 1 is 1.27 bits per heavy atom. The zero-order valence-corrected chi connectivity index (χ0v) is 8.86. The van der Waals surface area contributed by atoms with Crippen molar-refractivity contribution >= 4 is 11.8 Å². The number of benzene rings is 1. The maximum atomic E-state index is 11.1. The molecule has 0 aliphatic carbocycles. The summed E-state index contributed by atoms with van der Waals surface area (Å²) in [6.07, 6.45) is 1.02. The fraction of sp³-hybridized carbons (Fsp3) is 0.333. The molecule has 0 fully saturated rings. The monoisotopic (exact) mass is 206 g/mol. The molecule has 0 aliphatic rings. The second kappa shape index (κ2) is 4.73. The van der Waals surface area contributed by atoms with Crippen molar-refractivity contribution in [1.29, 1.82) is 0 Å². The van der Waals surface area contributed by atoms with Crippen LogP contribution in [0, 0.1) is 0 Å². The number of carbonyl (C=O) groups is 2. The summed E-state index contributed by atoms with van der Waals surface area (Å²) in [4.78, 5) is 21.5. The van der Waals surface area contributed by atoms with E-state index in [0.29, 0.717) is 5.92 Å². The van der Waals surface area contributed by atoms with Crippen molar-refractivity contribution in [2.24, 2.45) is 0 Å². The zero-order valence-electron chi connectivity index (χ0n) is 8.86. The molecule has 15 heavy (non-hydrogen) atoms. The smallest absolute Gasteiger partial charge is 0.377 e. The fourth-order valence-electron chi connectivity index (χ4n) is 1.32. The Hall–Kier alpha value is -1.64. The summed E-state index contributed by atoms with van der Waals surface area (Å²) in [5, 5.41) is 8.51. The fourth-order valence-corrected chi connectivity index (χ4v) is 1.32. The van der Waals surface area contributed by atoms with Gasteiger partial charge in [0.2, 0.25) is 0 Å². The number of aliphatic carboxylic acids is 1. The first-order valence-corrected chi connectivity index (χ1v) is 4.93. The number of Topliss-reactive ketones (excluding diaryl/α,β-unsaturated/α-hetero) is 1. The molecular formula is C12H14O3. The molecule has 1 rings (SSSR count). The first-order valence-electron chi connectivity index (χ1n) is 4.93. The molecule has 1 N–H and O–H groups in total. The molecule has 1 aromatic carbocycles. The maximum Gasteiger partial charge on any atom is 0.377 e. The lowest BCUT2D eigenvalue weighted by molar-refractivity contribution is -0.131. The van der Waals surface area contributed by atoms with Gasteiger partial charge in [0.1, 0.15) is 0 Å². The predicted molar refractivity (Wildman–Crippen MR) is 57.1 cm³/mol. The van der Waals surface area contributed by atoms with Crippen molar-refractivity contribution in [3.63, 3.8) is 0 Å². The Bertz CT molecular complexity index is 365. The molecule has 0 bridgehead atoms. The topological polar surface area (TPSA) is 54.4 Å².